The molecule has 1 heterocycles. The Morgan fingerprint density at radius 3 is 2.38 bits per heavy atom. The second-order valence-electron chi connectivity index (χ2n) is 5.24. The van der Waals surface area contributed by atoms with Crippen LogP contribution in [0, 0.1) is 0 Å². The maximum Gasteiger partial charge on any atom is 0.119 e. The minimum Gasteiger partial charge on any atom is -0.491 e. The molecule has 1 aromatic heterocycles. The molecule has 4 nitrogen and oxygen atoms in total. The van der Waals surface area contributed by atoms with Gasteiger partial charge in [-0.25, -0.2) is 0 Å². The molecule has 0 saturated carbocycles. The first-order valence-corrected chi connectivity index (χ1v) is 7.19. The average Bonchev–Trinajstić information content (AvgIpc) is 2.49. The van der Waals surface area contributed by atoms with Gasteiger partial charge >= 0.3 is 0 Å². The van der Waals surface area contributed by atoms with Crippen molar-refractivity contribution in [3.63, 3.8) is 0 Å². The fourth-order valence-corrected chi connectivity index (χ4v) is 2.01. The van der Waals surface area contributed by atoms with E-state index in [9.17, 15) is 5.11 Å². The average molecular weight is 286 g/mol. The van der Waals surface area contributed by atoms with E-state index >= 15 is 0 Å². The van der Waals surface area contributed by atoms with Gasteiger partial charge in [-0.3, -0.25) is 4.98 Å². The van der Waals surface area contributed by atoms with Crippen LogP contribution in [0.4, 0.5) is 0 Å². The summed E-state index contributed by atoms with van der Waals surface area (Å²) in [6.45, 7) is 5.24. The summed E-state index contributed by atoms with van der Waals surface area (Å²) in [5.74, 6) is 0.880. The van der Waals surface area contributed by atoms with Crippen molar-refractivity contribution >= 4 is 0 Å². The lowest BCUT2D eigenvalue weighted by atomic mass is 10.1. The van der Waals surface area contributed by atoms with Gasteiger partial charge in [0.2, 0.25) is 0 Å². The van der Waals surface area contributed by atoms with Crippen molar-refractivity contribution in [3.05, 3.63) is 59.9 Å². The van der Waals surface area contributed by atoms with Crippen LogP contribution in [0.15, 0.2) is 48.8 Å². The highest BCUT2D eigenvalue weighted by molar-refractivity contribution is 5.27. The number of rotatable bonds is 7. The topological polar surface area (TPSA) is 54.4 Å². The number of aliphatic hydroxyl groups is 1. The summed E-state index contributed by atoms with van der Waals surface area (Å²) in [5, 5.41) is 13.3. The molecule has 2 aromatic rings. The van der Waals surface area contributed by atoms with Crippen LogP contribution in [0.1, 0.15) is 31.1 Å². The summed E-state index contributed by atoms with van der Waals surface area (Å²) in [5.41, 5.74) is 2.03. The third kappa shape index (κ3) is 5.17. The Labute approximate surface area is 125 Å². The van der Waals surface area contributed by atoms with Crippen LogP contribution in [0.3, 0.4) is 0 Å². The van der Waals surface area contributed by atoms with Gasteiger partial charge in [0.15, 0.2) is 0 Å². The van der Waals surface area contributed by atoms with Crippen LogP contribution < -0.4 is 10.1 Å². The van der Waals surface area contributed by atoms with Gasteiger partial charge in [-0.2, -0.15) is 0 Å². The van der Waals surface area contributed by atoms with Gasteiger partial charge in [0, 0.05) is 25.5 Å². The Hall–Kier alpha value is -1.91. The monoisotopic (exact) mass is 286 g/mol. The van der Waals surface area contributed by atoms with Gasteiger partial charge in [-0.05, 0) is 49.2 Å². The molecular formula is C17H22N2O2. The Kier molecular flexibility index (Phi) is 5.72. The summed E-state index contributed by atoms with van der Waals surface area (Å²) < 4.78 is 5.60. The lowest BCUT2D eigenvalue weighted by Crippen LogP contribution is -2.21. The van der Waals surface area contributed by atoms with Gasteiger partial charge in [0.25, 0.3) is 0 Å². The summed E-state index contributed by atoms with van der Waals surface area (Å²) in [6.07, 6.45) is 3.04. The highest BCUT2D eigenvalue weighted by Gasteiger charge is 2.06. The van der Waals surface area contributed by atoms with E-state index in [0.29, 0.717) is 13.1 Å². The maximum atomic E-state index is 10.0. The lowest BCUT2D eigenvalue weighted by molar-refractivity contribution is 0.174. The van der Waals surface area contributed by atoms with Gasteiger partial charge < -0.3 is 15.2 Å². The van der Waals surface area contributed by atoms with E-state index in [0.717, 1.165) is 16.9 Å². The van der Waals surface area contributed by atoms with Crippen molar-refractivity contribution in [2.24, 2.45) is 0 Å². The van der Waals surface area contributed by atoms with E-state index in [1.165, 1.54) is 0 Å². The second kappa shape index (κ2) is 7.76. The number of nitrogens with one attached hydrogen (secondary N) is 1. The Bertz CT molecular complexity index is 526. The number of ether oxygens (including phenoxy) is 1. The predicted octanol–water partition coefficient (Wildman–Crippen LogP) is 2.69. The third-order valence-corrected chi connectivity index (χ3v) is 3.05. The molecule has 0 saturated heterocycles. The largest absolute Gasteiger partial charge is 0.491 e. The smallest absolute Gasteiger partial charge is 0.119 e. The Morgan fingerprint density at radius 1 is 1.10 bits per heavy atom. The van der Waals surface area contributed by atoms with Crippen LogP contribution in [-0.4, -0.2) is 22.7 Å². The SMILES string of the molecule is CC(C)Oc1ccc(CNCC(O)c2ccncc2)cc1. The minimum absolute atomic E-state index is 0.185. The summed E-state index contributed by atoms with van der Waals surface area (Å²) in [4.78, 5) is 3.94. The van der Waals surface area contributed by atoms with Crippen molar-refractivity contribution in [3.8, 4) is 5.75 Å². The molecule has 0 aliphatic carbocycles. The van der Waals surface area contributed by atoms with Gasteiger partial charge in [0.05, 0.1) is 12.2 Å². The summed E-state index contributed by atoms with van der Waals surface area (Å²) in [7, 11) is 0. The number of benzene rings is 1. The fraction of sp³-hybridized carbons (Fsp3) is 0.353. The number of pyridine rings is 1. The standard InChI is InChI=1S/C17H22N2O2/c1-13(2)21-16-5-3-14(4-6-16)11-19-12-17(20)15-7-9-18-10-8-15/h3-10,13,17,19-20H,11-12H2,1-2H3. The molecule has 1 atom stereocenters. The van der Waals surface area contributed by atoms with Crippen LogP contribution >= 0.6 is 0 Å². The zero-order valence-electron chi connectivity index (χ0n) is 12.5. The number of nitrogens with zero attached hydrogens (tertiary/aromatic N) is 1. The molecule has 21 heavy (non-hydrogen) atoms. The van der Waals surface area contributed by atoms with Gasteiger partial charge in [-0.15, -0.1) is 0 Å². The zero-order valence-corrected chi connectivity index (χ0v) is 12.5. The maximum absolute atomic E-state index is 10.0. The molecule has 0 radical (unpaired) electrons. The molecule has 4 heteroatoms. The van der Waals surface area contributed by atoms with E-state index < -0.39 is 6.10 Å². The van der Waals surface area contributed by atoms with Crippen molar-refractivity contribution in [1.29, 1.82) is 0 Å². The molecule has 0 amide bonds. The fourth-order valence-electron chi connectivity index (χ4n) is 2.01. The van der Waals surface area contributed by atoms with Crippen molar-refractivity contribution < 1.29 is 9.84 Å². The predicted molar refractivity (Wildman–Crippen MR) is 83.1 cm³/mol. The van der Waals surface area contributed by atoms with Crippen molar-refractivity contribution in [2.75, 3.05) is 6.54 Å². The first kappa shape index (κ1) is 15.5. The number of aromatic nitrogens is 1. The van der Waals surface area contributed by atoms with Crippen LogP contribution in [0.5, 0.6) is 5.75 Å². The van der Waals surface area contributed by atoms with E-state index in [-0.39, 0.29) is 6.10 Å². The lowest BCUT2D eigenvalue weighted by Gasteiger charge is -2.13. The van der Waals surface area contributed by atoms with Gasteiger partial charge in [0.1, 0.15) is 5.75 Å². The molecule has 2 N–H and O–H groups in total. The first-order chi connectivity index (χ1) is 10.1. The molecule has 2 rings (SSSR count). The van der Waals surface area contributed by atoms with E-state index in [4.69, 9.17) is 4.74 Å². The Morgan fingerprint density at radius 2 is 1.76 bits per heavy atom. The first-order valence-electron chi connectivity index (χ1n) is 7.19. The third-order valence-electron chi connectivity index (χ3n) is 3.05. The highest BCUT2D eigenvalue weighted by Crippen LogP contribution is 2.14. The molecule has 1 unspecified atom stereocenters. The van der Waals surface area contributed by atoms with E-state index in [2.05, 4.69) is 10.3 Å². The molecule has 112 valence electrons. The number of aliphatic hydroxyl groups excluding tert-OH is 1. The molecule has 0 aliphatic heterocycles. The minimum atomic E-state index is -0.517. The number of hydrogen-bond acceptors (Lipinski definition) is 4. The molecule has 1 aromatic carbocycles. The molecule has 0 aliphatic rings. The van der Waals surface area contributed by atoms with Crippen molar-refractivity contribution in [1.82, 2.24) is 10.3 Å². The van der Waals surface area contributed by atoms with Crippen LogP contribution in [0.25, 0.3) is 0 Å². The van der Waals surface area contributed by atoms with E-state index in [1.807, 2.05) is 50.2 Å². The van der Waals surface area contributed by atoms with Crippen molar-refractivity contribution in [2.45, 2.75) is 32.6 Å². The summed E-state index contributed by atoms with van der Waals surface area (Å²) in [6, 6.07) is 11.6. The molecule has 0 spiro atoms. The molecule has 0 fully saturated rings. The normalized spacial score (nSPS) is 12.4. The van der Waals surface area contributed by atoms with Crippen LogP contribution in [-0.2, 0) is 6.54 Å². The van der Waals surface area contributed by atoms with Crippen LogP contribution in [0.2, 0.25) is 0 Å². The van der Waals surface area contributed by atoms with Gasteiger partial charge in [-0.1, -0.05) is 12.1 Å². The molecular weight excluding hydrogens is 264 g/mol. The Balaban J connectivity index is 1.78. The summed E-state index contributed by atoms with van der Waals surface area (Å²) >= 11 is 0. The second-order valence-corrected chi connectivity index (χ2v) is 5.24. The zero-order chi connectivity index (χ0) is 15.1. The quantitative estimate of drug-likeness (QED) is 0.821. The molecule has 0 bridgehead atoms. The number of hydrogen-bond donors (Lipinski definition) is 2. The van der Waals surface area contributed by atoms with E-state index in [1.54, 1.807) is 12.4 Å². The highest BCUT2D eigenvalue weighted by atomic mass is 16.5.